The first-order valence-electron chi connectivity index (χ1n) is 11.1. The molecule has 0 spiro atoms. The Balaban J connectivity index is 0.000000269. The molecule has 4 rings (SSSR count). The van der Waals surface area contributed by atoms with Gasteiger partial charge in [0.1, 0.15) is 10.1 Å². The Kier molecular flexibility index (Phi) is 10.8. The fourth-order valence-corrected chi connectivity index (χ4v) is 4.89. The number of benzene rings is 4. The van der Waals surface area contributed by atoms with Crippen LogP contribution in [-0.4, -0.2) is 48.4 Å². The van der Waals surface area contributed by atoms with Crippen molar-refractivity contribution in [3.63, 3.8) is 0 Å². The van der Waals surface area contributed by atoms with Crippen molar-refractivity contribution in [1.82, 2.24) is 0 Å². The Bertz CT molecular complexity index is 1650. The molecule has 13 heteroatoms. The second-order valence-electron chi connectivity index (χ2n) is 8.14. The quantitative estimate of drug-likeness (QED) is 0.0828. The molecule has 0 aromatic heterocycles. The van der Waals surface area contributed by atoms with E-state index < -0.39 is 20.2 Å². The Hall–Kier alpha value is -2.58. The summed E-state index contributed by atoms with van der Waals surface area (Å²) in [5, 5.41) is 39.4. The largest absolute Gasteiger partial charge is 1.00 e. The van der Waals surface area contributed by atoms with Gasteiger partial charge in [-0.3, -0.25) is 4.18 Å². The third-order valence-corrected chi connectivity index (χ3v) is 7.51. The molecule has 0 bridgehead atoms. The minimum Gasteiger partial charge on any atom is -0.744 e. The van der Waals surface area contributed by atoms with E-state index in [-0.39, 0.29) is 69.0 Å². The maximum absolute atomic E-state index is 12.1. The van der Waals surface area contributed by atoms with Crippen molar-refractivity contribution in [3.05, 3.63) is 60.7 Å². The molecule has 0 amide bonds. The molecule has 4 aromatic rings. The van der Waals surface area contributed by atoms with E-state index in [9.17, 15) is 41.8 Å². The Morgan fingerprint density at radius 2 is 1.08 bits per heavy atom. The van der Waals surface area contributed by atoms with Crippen LogP contribution in [0, 0.1) is 0 Å². The molecule has 0 heterocycles. The molecule has 198 valence electrons. The van der Waals surface area contributed by atoms with E-state index in [1.54, 1.807) is 6.07 Å². The van der Waals surface area contributed by atoms with E-state index in [1.165, 1.54) is 42.5 Å². The van der Waals surface area contributed by atoms with Crippen LogP contribution in [-0.2, 0) is 24.4 Å². The number of hydrogen-bond donors (Lipinski definition) is 4. The summed E-state index contributed by atoms with van der Waals surface area (Å²) in [4.78, 5) is -0.332. The van der Waals surface area contributed by atoms with Crippen molar-refractivity contribution in [3.8, 4) is 23.0 Å². The number of fused-ring (bicyclic) bond motifs is 2. The van der Waals surface area contributed by atoms with Crippen molar-refractivity contribution in [2.45, 2.75) is 36.0 Å². The number of rotatable bonds is 7. The summed E-state index contributed by atoms with van der Waals surface area (Å²) < 4.78 is 61.4. The maximum atomic E-state index is 12.1. The first kappa shape index (κ1) is 31.6. The summed E-state index contributed by atoms with van der Waals surface area (Å²) in [6.45, 7) is 2.19. The third-order valence-electron chi connectivity index (χ3n) is 5.37. The first-order valence-corrected chi connectivity index (χ1v) is 13.9. The monoisotopic (exact) mass is 572 g/mol. The summed E-state index contributed by atoms with van der Waals surface area (Å²) in [6, 6.07) is 13.3. The van der Waals surface area contributed by atoms with Crippen LogP contribution < -0.4 is 29.6 Å². The molecule has 0 saturated heterocycles. The van der Waals surface area contributed by atoms with Gasteiger partial charge >= 0.3 is 29.6 Å². The second kappa shape index (κ2) is 13.0. The molecule has 38 heavy (non-hydrogen) atoms. The predicted octanol–water partition coefficient (Wildman–Crippen LogP) is 1.31. The maximum Gasteiger partial charge on any atom is 1.00 e. The molecule has 0 radical (unpaired) electrons. The number of unbranched alkanes of at least 4 members (excludes halogenated alkanes) is 2. The van der Waals surface area contributed by atoms with Gasteiger partial charge in [-0.05, 0) is 76.5 Å². The average molecular weight is 573 g/mol. The summed E-state index contributed by atoms with van der Waals surface area (Å²) in [5.74, 6) is -1.20. The number of aromatic hydroxyl groups is 4. The zero-order valence-corrected chi connectivity index (χ0v) is 24.3. The summed E-state index contributed by atoms with van der Waals surface area (Å²) >= 11 is 0. The first-order chi connectivity index (χ1) is 17.3. The van der Waals surface area contributed by atoms with Crippen molar-refractivity contribution >= 4 is 41.8 Å². The van der Waals surface area contributed by atoms with E-state index in [1.807, 2.05) is 6.92 Å². The van der Waals surface area contributed by atoms with Gasteiger partial charge in [0.25, 0.3) is 10.1 Å². The van der Waals surface area contributed by atoms with Gasteiger partial charge in [0.05, 0.1) is 16.4 Å². The molecule has 0 saturated carbocycles. The molecule has 0 atom stereocenters. The van der Waals surface area contributed by atoms with Gasteiger partial charge in [0.2, 0.25) is 0 Å². The molecule has 0 unspecified atom stereocenters. The van der Waals surface area contributed by atoms with Crippen molar-refractivity contribution in [1.29, 1.82) is 0 Å². The Morgan fingerprint density at radius 1 is 0.658 bits per heavy atom. The minimum absolute atomic E-state index is 0. The van der Waals surface area contributed by atoms with E-state index in [2.05, 4.69) is 0 Å². The molecule has 4 aromatic carbocycles. The standard InChI is InChI=1S/C15H18O5S.C10H8O5S.Na/c1-2-3-4-7-20-21(18,19)13-6-5-11-9-14(16)15(17)10-12(11)8-13;11-9-4-6-1-2-8(16(13,14)15)3-7(6)5-10(9)12;/h5-6,8-10,16-17H,2-4,7H2,1H3;1-5,11-12H,(H,13,14,15);/q;;+1/p-1. The molecule has 0 fully saturated rings. The van der Waals surface area contributed by atoms with E-state index >= 15 is 0 Å². The topological polar surface area (TPSA) is 181 Å². The molecule has 10 nitrogen and oxygen atoms in total. The summed E-state index contributed by atoms with van der Waals surface area (Å²) in [7, 11) is -8.31. The van der Waals surface area contributed by atoms with E-state index in [0.29, 0.717) is 28.0 Å². The van der Waals surface area contributed by atoms with Crippen LogP contribution in [0.3, 0.4) is 0 Å². The fourth-order valence-electron chi connectivity index (χ4n) is 3.40. The number of hydrogen-bond acceptors (Lipinski definition) is 10. The van der Waals surface area contributed by atoms with Crippen LogP contribution in [0.15, 0.2) is 70.5 Å². The van der Waals surface area contributed by atoms with Crippen molar-refractivity contribution < 1.29 is 75.6 Å². The molecule has 0 aliphatic rings. The van der Waals surface area contributed by atoms with Crippen LogP contribution in [0.25, 0.3) is 21.5 Å². The van der Waals surface area contributed by atoms with Gasteiger partial charge < -0.3 is 25.0 Å². The summed E-state index contributed by atoms with van der Waals surface area (Å²) in [6.07, 6.45) is 2.60. The van der Waals surface area contributed by atoms with Gasteiger partial charge in [0.15, 0.2) is 23.0 Å². The van der Waals surface area contributed by atoms with Crippen LogP contribution in [0.2, 0.25) is 0 Å². The Morgan fingerprint density at radius 3 is 1.53 bits per heavy atom. The van der Waals surface area contributed by atoms with Crippen molar-refractivity contribution in [2.75, 3.05) is 6.61 Å². The van der Waals surface area contributed by atoms with Crippen LogP contribution >= 0.6 is 0 Å². The number of phenols is 4. The molecule has 4 N–H and O–H groups in total. The minimum atomic E-state index is -4.51. The zero-order valence-electron chi connectivity index (χ0n) is 20.7. The average Bonchev–Trinajstić information content (AvgIpc) is 2.82. The predicted molar refractivity (Wildman–Crippen MR) is 135 cm³/mol. The van der Waals surface area contributed by atoms with Gasteiger partial charge in [-0.2, -0.15) is 8.42 Å². The summed E-state index contributed by atoms with van der Waals surface area (Å²) in [5.41, 5.74) is 0. The van der Waals surface area contributed by atoms with Gasteiger partial charge in [0, 0.05) is 0 Å². The molecule has 0 aliphatic heterocycles. The molecular formula is C25H25NaO10S2. The molecule has 0 aliphatic carbocycles. The normalized spacial score (nSPS) is 11.5. The van der Waals surface area contributed by atoms with Crippen LogP contribution in [0.1, 0.15) is 26.2 Å². The number of phenolic OH excluding ortho intramolecular Hbond substituents is 4. The SMILES string of the molecule is CCCCCOS(=O)(=O)c1ccc2cc(O)c(O)cc2c1.O=S(=O)([O-])c1ccc2cc(O)c(O)cc2c1.[Na+]. The smallest absolute Gasteiger partial charge is 0.744 e. The Labute approximate surface area is 242 Å². The zero-order chi connectivity index (χ0) is 27.4. The van der Waals surface area contributed by atoms with Gasteiger partial charge in [-0.1, -0.05) is 31.9 Å². The third kappa shape index (κ3) is 7.96. The van der Waals surface area contributed by atoms with Crippen molar-refractivity contribution in [2.24, 2.45) is 0 Å². The van der Waals surface area contributed by atoms with E-state index in [4.69, 9.17) is 4.18 Å². The van der Waals surface area contributed by atoms with Crippen LogP contribution in [0.5, 0.6) is 23.0 Å². The van der Waals surface area contributed by atoms with Gasteiger partial charge in [-0.25, -0.2) is 8.42 Å². The van der Waals surface area contributed by atoms with E-state index in [0.717, 1.165) is 25.0 Å². The second-order valence-corrected chi connectivity index (χ2v) is 11.1. The van der Waals surface area contributed by atoms with Gasteiger partial charge in [-0.15, -0.1) is 0 Å². The van der Waals surface area contributed by atoms with Crippen LogP contribution in [0.4, 0.5) is 0 Å². The molecular weight excluding hydrogens is 547 g/mol. The fraction of sp³-hybridized carbons (Fsp3) is 0.200.